The number of aryl methyl sites for hydroxylation is 2. The predicted octanol–water partition coefficient (Wildman–Crippen LogP) is 3.95. The van der Waals surface area contributed by atoms with E-state index in [1.807, 2.05) is 39.8 Å². The molecule has 1 saturated heterocycles. The Morgan fingerprint density at radius 1 is 1.09 bits per heavy atom. The average Bonchev–Trinajstić information content (AvgIpc) is 2.90. The van der Waals surface area contributed by atoms with E-state index in [0.717, 1.165) is 36.8 Å². The van der Waals surface area contributed by atoms with E-state index in [-0.39, 0.29) is 49.9 Å². The van der Waals surface area contributed by atoms with Gasteiger partial charge in [-0.3, -0.25) is 9.59 Å². The van der Waals surface area contributed by atoms with Gasteiger partial charge in [-0.05, 0) is 18.3 Å². The molecule has 1 saturated carbocycles. The molecule has 1 aliphatic heterocycles. The number of rotatable bonds is 1. The zero-order valence-corrected chi connectivity index (χ0v) is 17.4. The van der Waals surface area contributed by atoms with Crippen LogP contribution in [0.2, 0.25) is 0 Å². The van der Waals surface area contributed by atoms with Crippen LogP contribution in [0.15, 0.2) is 12.1 Å². The number of hydrogen-bond donors (Lipinski definition) is 0. The quantitative estimate of drug-likeness (QED) is 0.541. The Hall–Kier alpha value is -0.536. The minimum absolute atomic E-state index is 0. The SMILES string of the molecule is Cc1[c-]c(C)c(N2C(=O)CC3(CCCC3)C(C)(C)C2=O)cc1.[Y]. The van der Waals surface area contributed by atoms with Crippen LogP contribution in [0, 0.1) is 30.7 Å². The first-order valence-corrected chi connectivity index (χ1v) is 8.15. The molecule has 1 heterocycles. The summed E-state index contributed by atoms with van der Waals surface area (Å²) in [5, 5.41) is 0. The molecule has 1 aliphatic carbocycles. The second kappa shape index (κ2) is 6.40. The first kappa shape index (κ1) is 18.8. The van der Waals surface area contributed by atoms with Crippen LogP contribution in [-0.2, 0) is 42.3 Å². The summed E-state index contributed by atoms with van der Waals surface area (Å²) < 4.78 is 0. The molecule has 0 aromatic heterocycles. The second-order valence-corrected chi connectivity index (χ2v) is 7.48. The monoisotopic (exact) mass is 387 g/mol. The van der Waals surface area contributed by atoms with Crippen LogP contribution in [0.5, 0.6) is 0 Å². The van der Waals surface area contributed by atoms with E-state index in [4.69, 9.17) is 0 Å². The third-order valence-corrected chi connectivity index (χ3v) is 5.86. The Kier molecular flexibility index (Phi) is 5.23. The fourth-order valence-electron chi connectivity index (χ4n) is 4.28. The minimum Gasteiger partial charge on any atom is -0.306 e. The van der Waals surface area contributed by atoms with Gasteiger partial charge in [0.05, 0.1) is 0 Å². The number of hydrogen-bond acceptors (Lipinski definition) is 2. The van der Waals surface area contributed by atoms with E-state index in [2.05, 4.69) is 6.07 Å². The molecule has 0 bridgehead atoms. The number of piperidine rings is 1. The Labute approximate surface area is 164 Å². The van der Waals surface area contributed by atoms with Crippen molar-refractivity contribution < 1.29 is 42.3 Å². The van der Waals surface area contributed by atoms with Crippen molar-refractivity contribution in [1.82, 2.24) is 0 Å². The molecule has 3 rings (SSSR count). The average molecular weight is 387 g/mol. The molecule has 1 spiro atoms. The molecule has 2 fully saturated rings. The predicted molar refractivity (Wildman–Crippen MR) is 86.5 cm³/mol. The van der Waals surface area contributed by atoms with Gasteiger partial charge in [-0.15, -0.1) is 11.6 Å². The molecule has 2 aliphatic rings. The largest absolute Gasteiger partial charge is 0.306 e. The van der Waals surface area contributed by atoms with Crippen LogP contribution in [0.4, 0.5) is 5.69 Å². The molecule has 0 atom stereocenters. The Morgan fingerprint density at radius 3 is 2.26 bits per heavy atom. The van der Waals surface area contributed by atoms with E-state index < -0.39 is 5.41 Å². The number of amides is 2. The number of anilines is 1. The molecule has 2 amide bonds. The minimum atomic E-state index is -0.491. The van der Waals surface area contributed by atoms with Crippen molar-refractivity contribution in [1.29, 1.82) is 0 Å². The van der Waals surface area contributed by atoms with Crippen molar-refractivity contribution in [2.75, 3.05) is 4.90 Å². The van der Waals surface area contributed by atoms with Gasteiger partial charge in [0.1, 0.15) is 0 Å². The summed E-state index contributed by atoms with van der Waals surface area (Å²) in [6.07, 6.45) is 4.72. The smallest absolute Gasteiger partial charge is 0.228 e. The molecule has 1 aromatic rings. The molecule has 23 heavy (non-hydrogen) atoms. The summed E-state index contributed by atoms with van der Waals surface area (Å²) in [4.78, 5) is 27.3. The van der Waals surface area contributed by atoms with Crippen LogP contribution < -0.4 is 4.90 Å². The van der Waals surface area contributed by atoms with Gasteiger partial charge in [-0.2, -0.15) is 17.7 Å². The zero-order chi connectivity index (χ0) is 16.1. The van der Waals surface area contributed by atoms with Gasteiger partial charge in [0.2, 0.25) is 11.8 Å². The molecule has 1 radical (unpaired) electrons. The molecule has 0 N–H and O–H groups in total. The summed E-state index contributed by atoms with van der Waals surface area (Å²) in [7, 11) is 0. The number of imide groups is 1. The van der Waals surface area contributed by atoms with E-state index in [1.165, 1.54) is 4.90 Å². The summed E-state index contributed by atoms with van der Waals surface area (Å²) >= 11 is 0. The fourth-order valence-corrected chi connectivity index (χ4v) is 4.28. The van der Waals surface area contributed by atoms with E-state index in [1.54, 1.807) is 0 Å². The van der Waals surface area contributed by atoms with Crippen molar-refractivity contribution in [2.24, 2.45) is 10.8 Å². The second-order valence-electron chi connectivity index (χ2n) is 7.48. The van der Waals surface area contributed by atoms with E-state index in [9.17, 15) is 9.59 Å². The van der Waals surface area contributed by atoms with Crippen LogP contribution in [-0.4, -0.2) is 11.8 Å². The van der Waals surface area contributed by atoms with Crippen molar-refractivity contribution in [2.45, 2.75) is 59.8 Å². The summed E-state index contributed by atoms with van der Waals surface area (Å²) in [5.74, 6) is -0.0995. The van der Waals surface area contributed by atoms with Gasteiger partial charge in [-0.25, -0.2) is 0 Å². The molecule has 121 valence electrons. The molecule has 0 unspecified atom stereocenters. The Bertz CT molecular complexity index is 645. The van der Waals surface area contributed by atoms with Gasteiger partial charge < -0.3 is 4.90 Å². The number of nitrogens with zero attached hydrogens (tertiary/aromatic N) is 1. The molecular weight excluding hydrogens is 363 g/mol. The van der Waals surface area contributed by atoms with Crippen molar-refractivity contribution in [3.05, 3.63) is 29.3 Å². The van der Waals surface area contributed by atoms with Gasteiger partial charge in [-0.1, -0.05) is 46.2 Å². The normalized spacial score (nSPS) is 22.3. The molecular formula is C19H24NO2Y-. The molecule has 1 aromatic carbocycles. The third kappa shape index (κ3) is 2.84. The standard InChI is InChI=1S/C19H24NO2.Y/c1-13-7-8-15(14(2)11-13)20-16(21)12-19(9-5-6-10-19)18(3,4)17(20)22;/h7-8H,5-6,9-10,12H2,1-4H3;/q-1;. The number of carbonyl (C=O) groups excluding carboxylic acids is 2. The van der Waals surface area contributed by atoms with E-state index >= 15 is 0 Å². The Morgan fingerprint density at radius 2 is 1.70 bits per heavy atom. The van der Waals surface area contributed by atoms with E-state index in [0.29, 0.717) is 12.1 Å². The fraction of sp³-hybridized carbons (Fsp3) is 0.579. The van der Waals surface area contributed by atoms with Crippen molar-refractivity contribution >= 4 is 17.5 Å². The van der Waals surface area contributed by atoms with Crippen LogP contribution in [0.3, 0.4) is 0 Å². The summed E-state index contributed by atoms with van der Waals surface area (Å²) in [6.45, 7) is 7.92. The summed E-state index contributed by atoms with van der Waals surface area (Å²) in [6, 6.07) is 7.01. The number of carbonyl (C=O) groups is 2. The third-order valence-electron chi connectivity index (χ3n) is 5.86. The molecule has 3 nitrogen and oxygen atoms in total. The van der Waals surface area contributed by atoms with Crippen molar-refractivity contribution in [3.63, 3.8) is 0 Å². The topological polar surface area (TPSA) is 37.4 Å². The zero-order valence-electron chi connectivity index (χ0n) is 14.5. The first-order valence-electron chi connectivity index (χ1n) is 8.15. The first-order chi connectivity index (χ1) is 10.3. The van der Waals surface area contributed by atoms with Crippen LogP contribution in [0.25, 0.3) is 0 Å². The van der Waals surface area contributed by atoms with Gasteiger partial charge in [0.15, 0.2) is 0 Å². The van der Waals surface area contributed by atoms with Crippen LogP contribution >= 0.6 is 0 Å². The Balaban J connectivity index is 0.00000192. The summed E-state index contributed by atoms with van der Waals surface area (Å²) in [5.41, 5.74) is 1.94. The maximum absolute atomic E-state index is 13.1. The van der Waals surface area contributed by atoms with Gasteiger partial charge >= 0.3 is 0 Å². The van der Waals surface area contributed by atoms with Crippen molar-refractivity contribution in [3.8, 4) is 0 Å². The maximum atomic E-state index is 13.1. The van der Waals surface area contributed by atoms with Gasteiger partial charge in [0.25, 0.3) is 0 Å². The molecule has 4 heteroatoms. The van der Waals surface area contributed by atoms with Crippen LogP contribution in [0.1, 0.15) is 57.1 Å². The van der Waals surface area contributed by atoms with Gasteiger partial charge in [0, 0.05) is 44.5 Å². The number of benzene rings is 1. The maximum Gasteiger partial charge on any atom is 0.228 e.